The Morgan fingerprint density at radius 1 is 1.22 bits per heavy atom. The van der Waals surface area contributed by atoms with Crippen molar-refractivity contribution in [2.75, 3.05) is 13.1 Å². The summed E-state index contributed by atoms with van der Waals surface area (Å²) in [6.45, 7) is 2.57. The molecule has 4 rings (SSSR count). The molecule has 1 nitrogen and oxygen atoms in total. The molecule has 0 bridgehead atoms. The lowest BCUT2D eigenvalue weighted by Crippen LogP contribution is -2.34. The number of nitrogens with zero attached hydrogens (tertiary/aromatic N) is 1. The number of halogens is 1. The molecule has 18 heavy (non-hydrogen) atoms. The summed E-state index contributed by atoms with van der Waals surface area (Å²) < 4.78 is 0. The van der Waals surface area contributed by atoms with E-state index in [2.05, 4.69) is 23.1 Å². The molecule has 0 N–H and O–H groups in total. The molecular formula is C16H18ClN. The molecule has 1 aromatic carbocycles. The fourth-order valence-electron chi connectivity index (χ4n) is 3.98. The van der Waals surface area contributed by atoms with Crippen LogP contribution >= 0.6 is 11.6 Å². The average Bonchev–Trinajstić information content (AvgIpc) is 2.73. The van der Waals surface area contributed by atoms with E-state index in [1.165, 1.54) is 49.9 Å². The van der Waals surface area contributed by atoms with Gasteiger partial charge in [-0.15, -0.1) is 0 Å². The van der Waals surface area contributed by atoms with Crippen LogP contribution in [-0.4, -0.2) is 24.0 Å². The smallest absolute Gasteiger partial charge is 0.0409 e. The molecule has 3 aliphatic rings. The molecule has 0 radical (unpaired) electrons. The van der Waals surface area contributed by atoms with E-state index < -0.39 is 0 Å². The van der Waals surface area contributed by atoms with Gasteiger partial charge in [-0.3, -0.25) is 4.90 Å². The number of benzene rings is 1. The van der Waals surface area contributed by atoms with Gasteiger partial charge in [-0.25, -0.2) is 0 Å². The van der Waals surface area contributed by atoms with Crippen molar-refractivity contribution in [2.24, 2.45) is 5.92 Å². The summed E-state index contributed by atoms with van der Waals surface area (Å²) in [7, 11) is 0. The summed E-state index contributed by atoms with van der Waals surface area (Å²) in [6, 6.07) is 7.10. The van der Waals surface area contributed by atoms with Crippen molar-refractivity contribution in [3.63, 3.8) is 0 Å². The summed E-state index contributed by atoms with van der Waals surface area (Å²) in [4.78, 5) is 2.70. The lowest BCUT2D eigenvalue weighted by molar-refractivity contribution is 0.208. The van der Waals surface area contributed by atoms with Crippen LogP contribution in [0.2, 0.25) is 5.02 Å². The number of rotatable bonds is 0. The van der Waals surface area contributed by atoms with E-state index in [-0.39, 0.29) is 0 Å². The molecule has 0 amide bonds. The van der Waals surface area contributed by atoms with Gasteiger partial charge in [-0.05, 0) is 60.6 Å². The first-order valence-electron chi connectivity index (χ1n) is 7.05. The zero-order chi connectivity index (χ0) is 12.1. The summed E-state index contributed by atoms with van der Waals surface area (Å²) in [5.74, 6) is 0.749. The molecule has 2 heterocycles. The van der Waals surface area contributed by atoms with Crippen molar-refractivity contribution in [3.05, 3.63) is 39.9 Å². The normalized spacial score (nSPS) is 30.4. The molecule has 2 saturated heterocycles. The molecular weight excluding hydrogens is 242 g/mol. The fraction of sp³-hybridized carbons (Fsp3) is 0.500. The number of hydrogen-bond donors (Lipinski definition) is 0. The van der Waals surface area contributed by atoms with Crippen LogP contribution in [0.3, 0.4) is 0 Å². The molecule has 94 valence electrons. The van der Waals surface area contributed by atoms with Gasteiger partial charge in [0.25, 0.3) is 0 Å². The van der Waals surface area contributed by atoms with Crippen LogP contribution in [0.4, 0.5) is 0 Å². The molecule has 1 aromatic rings. The predicted octanol–water partition coefficient (Wildman–Crippen LogP) is 3.76. The third-order valence-electron chi connectivity index (χ3n) is 4.82. The highest BCUT2D eigenvalue weighted by Gasteiger charge is 2.39. The highest BCUT2D eigenvalue weighted by atomic mass is 35.5. The fourth-order valence-corrected chi connectivity index (χ4v) is 4.18. The standard InChI is InChI=1S/C16H18ClN/c17-14-5-4-11-9-15-13(7-12(11)8-14)10-18-6-2-1-3-16(15)18/h4-5,8-9,13,16H,1-3,6-7,10H2. The van der Waals surface area contributed by atoms with E-state index in [0.29, 0.717) is 0 Å². The Hall–Kier alpha value is -0.790. The zero-order valence-corrected chi connectivity index (χ0v) is 11.3. The summed E-state index contributed by atoms with van der Waals surface area (Å²) in [6.07, 6.45) is 7.80. The van der Waals surface area contributed by atoms with Crippen molar-refractivity contribution in [3.8, 4) is 0 Å². The quantitative estimate of drug-likeness (QED) is 0.686. The molecule has 2 aliphatic heterocycles. The molecule has 0 saturated carbocycles. The Morgan fingerprint density at radius 2 is 2.17 bits per heavy atom. The van der Waals surface area contributed by atoms with Crippen LogP contribution in [0.25, 0.3) is 6.08 Å². The van der Waals surface area contributed by atoms with Gasteiger partial charge in [0.15, 0.2) is 0 Å². The molecule has 2 unspecified atom stereocenters. The predicted molar refractivity (Wildman–Crippen MR) is 75.8 cm³/mol. The third kappa shape index (κ3) is 1.64. The Labute approximate surface area is 113 Å². The molecule has 0 aromatic heterocycles. The minimum Gasteiger partial charge on any atom is -0.296 e. The van der Waals surface area contributed by atoms with E-state index in [4.69, 9.17) is 11.6 Å². The summed E-state index contributed by atoms with van der Waals surface area (Å²) in [5.41, 5.74) is 4.54. The first kappa shape index (κ1) is 11.1. The molecule has 1 aliphatic carbocycles. The van der Waals surface area contributed by atoms with E-state index in [1.54, 1.807) is 5.57 Å². The van der Waals surface area contributed by atoms with Crippen molar-refractivity contribution in [1.29, 1.82) is 0 Å². The van der Waals surface area contributed by atoms with Gasteiger partial charge in [-0.1, -0.05) is 30.2 Å². The SMILES string of the molecule is Clc1ccc2c(c1)CC1CN3CCCCC3C1=C2. The van der Waals surface area contributed by atoms with Crippen LogP contribution in [0, 0.1) is 5.92 Å². The number of piperidine rings is 1. The molecule has 0 spiro atoms. The Morgan fingerprint density at radius 3 is 3.11 bits per heavy atom. The van der Waals surface area contributed by atoms with Gasteiger partial charge < -0.3 is 0 Å². The van der Waals surface area contributed by atoms with Gasteiger partial charge >= 0.3 is 0 Å². The first-order chi connectivity index (χ1) is 8.81. The van der Waals surface area contributed by atoms with Gasteiger partial charge in [0.1, 0.15) is 0 Å². The summed E-state index contributed by atoms with van der Waals surface area (Å²) >= 11 is 6.11. The van der Waals surface area contributed by atoms with E-state index in [9.17, 15) is 0 Å². The van der Waals surface area contributed by atoms with Gasteiger partial charge in [0.2, 0.25) is 0 Å². The van der Waals surface area contributed by atoms with Crippen molar-refractivity contribution < 1.29 is 0 Å². The second-order valence-electron chi connectivity index (χ2n) is 5.90. The van der Waals surface area contributed by atoms with Gasteiger partial charge in [-0.2, -0.15) is 0 Å². The van der Waals surface area contributed by atoms with Crippen molar-refractivity contribution in [2.45, 2.75) is 31.7 Å². The molecule has 2 fully saturated rings. The minimum absolute atomic E-state index is 0.743. The van der Waals surface area contributed by atoms with E-state index >= 15 is 0 Å². The maximum Gasteiger partial charge on any atom is 0.0409 e. The second-order valence-corrected chi connectivity index (χ2v) is 6.33. The maximum atomic E-state index is 6.11. The van der Waals surface area contributed by atoms with Crippen molar-refractivity contribution >= 4 is 17.7 Å². The lowest BCUT2D eigenvalue weighted by atomic mass is 9.82. The highest BCUT2D eigenvalue weighted by molar-refractivity contribution is 6.30. The van der Waals surface area contributed by atoms with Gasteiger partial charge in [0.05, 0.1) is 0 Å². The highest BCUT2D eigenvalue weighted by Crippen LogP contribution is 2.41. The Balaban J connectivity index is 1.74. The molecule has 2 heteroatoms. The summed E-state index contributed by atoms with van der Waals surface area (Å²) in [5, 5.41) is 0.876. The average molecular weight is 260 g/mol. The first-order valence-corrected chi connectivity index (χ1v) is 7.43. The van der Waals surface area contributed by atoms with Crippen LogP contribution in [0.5, 0.6) is 0 Å². The maximum absolute atomic E-state index is 6.11. The zero-order valence-electron chi connectivity index (χ0n) is 10.5. The number of hydrogen-bond acceptors (Lipinski definition) is 1. The van der Waals surface area contributed by atoms with E-state index in [1.807, 2.05) is 6.07 Å². The van der Waals surface area contributed by atoms with E-state index in [0.717, 1.165) is 17.0 Å². The lowest BCUT2D eigenvalue weighted by Gasteiger charge is -2.30. The molecule has 2 atom stereocenters. The number of fused-ring (bicyclic) bond motifs is 4. The Kier molecular flexibility index (Phi) is 2.53. The third-order valence-corrected chi connectivity index (χ3v) is 5.05. The Bertz CT molecular complexity index is 520. The van der Waals surface area contributed by atoms with Crippen LogP contribution in [0.15, 0.2) is 23.8 Å². The van der Waals surface area contributed by atoms with Crippen LogP contribution in [0.1, 0.15) is 30.4 Å². The minimum atomic E-state index is 0.743. The second kappa shape index (κ2) is 4.11. The van der Waals surface area contributed by atoms with Crippen LogP contribution in [-0.2, 0) is 6.42 Å². The largest absolute Gasteiger partial charge is 0.296 e. The topological polar surface area (TPSA) is 3.24 Å². The van der Waals surface area contributed by atoms with Gasteiger partial charge in [0, 0.05) is 17.6 Å². The van der Waals surface area contributed by atoms with Crippen LogP contribution < -0.4 is 0 Å². The van der Waals surface area contributed by atoms with Crippen molar-refractivity contribution in [1.82, 2.24) is 4.90 Å². The monoisotopic (exact) mass is 259 g/mol.